The first-order valence-corrected chi connectivity index (χ1v) is 47.1. The molecule has 23 heteroatoms. The predicted molar refractivity (Wildman–Crippen MR) is 540 cm³/mol. The molecule has 0 atom stereocenters. The number of ether oxygens (including phenoxy) is 2. The Kier molecular flexibility index (Phi) is 61.1. The Morgan fingerprint density at radius 2 is 0.737 bits per heavy atom. The van der Waals surface area contributed by atoms with Crippen LogP contribution in [0.3, 0.4) is 0 Å². The summed E-state index contributed by atoms with van der Waals surface area (Å²) in [6.45, 7) is 58.6. The number of rotatable bonds is 41. The van der Waals surface area contributed by atoms with Gasteiger partial charge in [0.1, 0.15) is 57.9 Å². The first-order chi connectivity index (χ1) is 61.0. The van der Waals surface area contributed by atoms with Gasteiger partial charge in [0.05, 0.1) is 25.9 Å². The maximum atomic E-state index is 11.7. The minimum atomic E-state index is -0.371. The quantitative estimate of drug-likeness (QED) is 0.0403. The Balaban J connectivity index is -0.00000145. The Morgan fingerprint density at radius 3 is 1.04 bits per heavy atom. The summed E-state index contributed by atoms with van der Waals surface area (Å²) in [6, 6.07) is 13.5. The van der Waals surface area contributed by atoms with E-state index in [1.807, 2.05) is 279 Å². The van der Waals surface area contributed by atoms with E-state index in [1.165, 1.54) is 18.2 Å². The van der Waals surface area contributed by atoms with Crippen molar-refractivity contribution >= 4 is 128 Å². The summed E-state index contributed by atoms with van der Waals surface area (Å²) in [6.07, 6.45) is 38.6. The van der Waals surface area contributed by atoms with Gasteiger partial charge >= 0.3 is 0 Å². The monoisotopic (exact) mass is 1860 g/mol. The third-order valence-electron chi connectivity index (χ3n) is 19.2. The fraction of sp³-hybridized carbons (Fsp3) is 0.564. The van der Waals surface area contributed by atoms with Gasteiger partial charge in [-0.1, -0.05) is 261 Å². The highest BCUT2D eigenvalue weighted by atomic mass is 32.1. The van der Waals surface area contributed by atoms with Crippen molar-refractivity contribution in [3.8, 4) is 0 Å². The largest absolute Gasteiger partial charge is 0.375 e. The van der Waals surface area contributed by atoms with Crippen LogP contribution in [0.2, 0.25) is 0 Å². The summed E-state index contributed by atoms with van der Waals surface area (Å²) in [5, 5.41) is 1.97. The highest BCUT2D eigenvalue weighted by Crippen LogP contribution is 2.26. The minimum absolute atomic E-state index is 0.00328. The van der Waals surface area contributed by atoms with E-state index in [-0.39, 0.29) is 167 Å². The fourth-order valence-electron chi connectivity index (χ4n) is 9.79. The van der Waals surface area contributed by atoms with Crippen LogP contribution >= 0.6 is 11.3 Å². The molecule has 0 saturated carbocycles. The molecule has 0 radical (unpaired) electrons. The van der Waals surface area contributed by atoms with Crippen molar-refractivity contribution in [3.63, 3.8) is 0 Å². The molecule has 5 rings (SSSR count). The fourth-order valence-corrected chi connectivity index (χ4v) is 10.4. The molecule has 1 saturated heterocycles. The normalized spacial score (nSPS) is 12.6. The topological polar surface area (TPSA) is 338 Å². The second-order valence-electron chi connectivity index (χ2n) is 42.2. The van der Waals surface area contributed by atoms with Gasteiger partial charge in [-0.15, -0.1) is 11.3 Å². The van der Waals surface area contributed by atoms with Crippen LogP contribution in [0.5, 0.6) is 0 Å². The van der Waals surface area contributed by atoms with Gasteiger partial charge in [-0.05, 0) is 115 Å². The van der Waals surface area contributed by atoms with Crippen molar-refractivity contribution in [1.82, 2.24) is 19.5 Å². The third kappa shape index (κ3) is 70.3. The number of imidazole rings is 2. The number of H-pyrrole nitrogens is 1. The van der Waals surface area contributed by atoms with Gasteiger partial charge in [-0.25, -0.2) is 9.97 Å². The maximum Gasteiger partial charge on any atom is 0.156 e. The van der Waals surface area contributed by atoms with Crippen molar-refractivity contribution in [2.24, 2.45) is 55.8 Å². The molecule has 738 valence electrons. The number of aromatic amines is 1. The number of allylic oxidation sites excluding steroid dienone is 10. The molecule has 1 N–H and O–H groups in total. The molecule has 0 amide bonds. The summed E-state index contributed by atoms with van der Waals surface area (Å²) in [5.41, 5.74) is -0.769. The Morgan fingerprint density at radius 1 is 0.398 bits per heavy atom. The van der Waals surface area contributed by atoms with Crippen molar-refractivity contribution in [2.75, 3.05) is 19.8 Å². The number of carbonyl (C=O) groups excluding carboxylic acids is 16. The van der Waals surface area contributed by atoms with E-state index >= 15 is 0 Å². The van der Waals surface area contributed by atoms with Gasteiger partial charge in [-0.2, -0.15) is 0 Å². The number of benzene rings is 1. The van der Waals surface area contributed by atoms with Crippen LogP contribution in [0.1, 0.15) is 345 Å². The SMILES string of the molecule is CC(C)(C)/C=C/C(=O)CCC(=O)C(C)(C)C.CC(C)(C)C(=O)CCC(=O)/C=C/c1ccccc1.CC(C)(C)C(=O)CCC(=O)/C=C/c1cccs1.CC(C)(C)C(=O)CCC(=O)/C=C/c1ncc[nH]1.CC(C)(C)C(=O)CCC(=O)C=C1COC1.CC(C)OC/C=C/C(=O)CCC(=O)C(C)(C)C.CCC/C=C/C(=O)CCC(=O)C(C)(C)C.Cn1ccnc1/C=C/C(=O)CCC(=O)C(C)(C)C. The minimum Gasteiger partial charge on any atom is -0.375 e. The molecule has 4 aromatic rings. The van der Waals surface area contributed by atoms with E-state index in [0.29, 0.717) is 109 Å². The summed E-state index contributed by atoms with van der Waals surface area (Å²) < 4.78 is 12.0. The number of aryl methyl sites for hydroxylation is 1. The average Bonchev–Trinajstić information content (AvgIpc) is 1.63. The molecule has 1 aliphatic rings. The summed E-state index contributed by atoms with van der Waals surface area (Å²) >= 11 is 1.59. The summed E-state index contributed by atoms with van der Waals surface area (Å²) in [5.74, 6) is 2.42. The van der Waals surface area contributed by atoms with Gasteiger partial charge in [0.15, 0.2) is 46.3 Å². The highest BCUT2D eigenvalue weighted by molar-refractivity contribution is 7.10. The number of aromatic nitrogens is 4. The van der Waals surface area contributed by atoms with Crippen LogP contribution in [-0.4, -0.2) is 138 Å². The lowest BCUT2D eigenvalue weighted by Crippen LogP contribution is -2.21. The number of nitrogens with one attached hydrogen (secondary N) is 1. The van der Waals surface area contributed by atoms with E-state index in [1.54, 1.807) is 90.7 Å². The van der Waals surface area contributed by atoms with E-state index in [4.69, 9.17) is 9.47 Å². The number of unbranched alkanes of at least 4 members (excludes halogenated alkanes) is 1. The number of nitrogens with zero attached hydrogens (tertiary/aromatic N) is 3. The van der Waals surface area contributed by atoms with E-state index in [0.717, 1.165) is 34.7 Å². The standard InChI is InChI=1S/C16H20O2.C14H20N2O2.C14H24O3.C14H18O2S.C14H24O2.C13H18N2O2.C13H22O2.C12H18O3/c1-16(2,3)15(18)12-11-14(17)10-9-13-7-5-4-6-8-13;1-14(2,3)12(18)7-5-11(17)6-8-13-15-9-10-16(13)4;1-11(2)17-10-6-7-12(15)8-9-13(16)14(3,4)5;1-14(2,3)13(16)9-7-11(15)6-8-12-5-4-10-17-12;1-13(2,3)10-9-11(15)7-8-12(16)14(4,5)6;1-13(2,3)11(17)6-4-10(16)5-7-12-14-8-9-15-12;1-5-6-7-8-11(14)9-10-12(15)13(2,3)4;1-12(2,3)11(14)5-4-10(13)6-9-7-15-8-9/h4-10H,11-12H2,1-3H3;6,8-10H,5,7H2,1-4H3;6-7,11H,8-10H2,1-5H3;4-6,8,10H,7,9H2,1-3H3;9-10H,7-8H2,1-6H3;5,7-9H,4,6H2,1-3H3,(H,14,15);7-8H,5-6,9-10H2,1-4H3;6H,4-5,7-8H2,1-3H3/b10-9+;8-6+;7-6+;8-6+;10-9+;7-5+;8-7+;. The zero-order valence-corrected chi connectivity index (χ0v) is 87.4. The molecular formula is C110H164N4O18S. The Bertz CT molecular complexity index is 4470. The van der Waals surface area contributed by atoms with Crippen LogP contribution in [0.15, 0.2) is 145 Å². The van der Waals surface area contributed by atoms with Gasteiger partial charge in [0.2, 0.25) is 0 Å². The van der Waals surface area contributed by atoms with Crippen LogP contribution in [0.25, 0.3) is 24.3 Å². The lowest BCUT2D eigenvalue weighted by molar-refractivity contribution is -0.128. The predicted octanol–water partition coefficient (Wildman–Crippen LogP) is 23.9. The van der Waals surface area contributed by atoms with E-state index < -0.39 is 0 Å². The molecule has 0 unspecified atom stereocenters. The van der Waals surface area contributed by atoms with Gasteiger partial charge in [0.25, 0.3) is 0 Å². The lowest BCUT2D eigenvalue weighted by Gasteiger charge is -2.17. The van der Waals surface area contributed by atoms with Crippen LogP contribution in [0, 0.1) is 48.7 Å². The zero-order chi connectivity index (χ0) is 103. The van der Waals surface area contributed by atoms with Crippen molar-refractivity contribution in [1.29, 1.82) is 0 Å². The molecule has 3 aromatic heterocycles. The molecule has 0 bridgehead atoms. The lowest BCUT2D eigenvalue weighted by atomic mass is 9.87. The van der Waals surface area contributed by atoms with Crippen LogP contribution in [0.4, 0.5) is 0 Å². The number of ketones is 16. The third-order valence-corrected chi connectivity index (χ3v) is 20.1. The van der Waals surface area contributed by atoms with E-state index in [9.17, 15) is 76.7 Å². The Hall–Kier alpha value is -10.1. The second-order valence-corrected chi connectivity index (χ2v) is 43.2. The molecular weight excluding hydrogens is 1700 g/mol. The smallest absolute Gasteiger partial charge is 0.156 e. The first kappa shape index (κ1) is 127. The molecule has 4 heterocycles. The molecule has 1 aromatic carbocycles. The van der Waals surface area contributed by atoms with Crippen molar-refractivity contribution in [3.05, 3.63) is 167 Å². The summed E-state index contributed by atoms with van der Waals surface area (Å²) in [4.78, 5) is 197. The second kappa shape index (κ2) is 64.0. The molecule has 1 aliphatic heterocycles. The van der Waals surface area contributed by atoms with Gasteiger partial charge in [-0.3, -0.25) is 76.7 Å². The number of Topliss-reactive ketones (excluding diaryl/α,β-unsaturated/α-hetero) is 8. The van der Waals surface area contributed by atoms with Crippen LogP contribution in [-0.2, 0) is 93.2 Å². The molecule has 133 heavy (non-hydrogen) atoms. The maximum absolute atomic E-state index is 11.7. The Labute approximate surface area is 801 Å². The number of thiophene rings is 1. The number of hydrogen-bond acceptors (Lipinski definition) is 21. The van der Waals surface area contributed by atoms with Crippen molar-refractivity contribution in [2.45, 2.75) is 329 Å². The average molecular weight is 1860 g/mol. The number of hydrogen-bond donors (Lipinski definition) is 1. The zero-order valence-electron chi connectivity index (χ0n) is 86.6. The molecule has 22 nitrogen and oxygen atoms in total. The van der Waals surface area contributed by atoms with Crippen molar-refractivity contribution < 1.29 is 86.2 Å². The van der Waals surface area contributed by atoms with Gasteiger partial charge in [0, 0.05) is 183 Å². The van der Waals surface area contributed by atoms with Crippen LogP contribution < -0.4 is 0 Å². The molecule has 0 spiro atoms. The molecule has 0 aliphatic carbocycles. The molecule has 1 fully saturated rings. The van der Waals surface area contributed by atoms with Gasteiger partial charge < -0.3 is 19.0 Å². The van der Waals surface area contributed by atoms with E-state index in [2.05, 4.69) is 21.9 Å². The highest BCUT2D eigenvalue weighted by Gasteiger charge is 2.28. The number of carbonyl (C=O) groups is 16. The first-order valence-electron chi connectivity index (χ1n) is 46.2. The summed E-state index contributed by atoms with van der Waals surface area (Å²) in [7, 11) is 1.86.